The van der Waals surface area contributed by atoms with Gasteiger partial charge in [0.2, 0.25) is 0 Å². The fraction of sp³-hybridized carbons (Fsp3) is 0.222. The molecule has 0 heterocycles. The number of hydrogen-bond donors (Lipinski definition) is 1. The molecule has 3 nitrogen and oxygen atoms in total. The molecule has 0 atom stereocenters. The number of hydrogen-bond acceptors (Lipinski definition) is 3. The van der Waals surface area contributed by atoms with Gasteiger partial charge >= 0.3 is 0 Å². The summed E-state index contributed by atoms with van der Waals surface area (Å²) in [7, 11) is 0. The summed E-state index contributed by atoms with van der Waals surface area (Å²) in [6, 6.07) is 7.40. The van der Waals surface area contributed by atoms with Crippen molar-refractivity contribution in [3.05, 3.63) is 34.9 Å². The fourth-order valence-electron chi connectivity index (χ4n) is 0.788. The highest BCUT2D eigenvalue weighted by Crippen LogP contribution is 2.09. The van der Waals surface area contributed by atoms with E-state index in [2.05, 4.69) is 5.16 Å². The van der Waals surface area contributed by atoms with Crippen LogP contribution in [0.5, 0.6) is 0 Å². The van der Waals surface area contributed by atoms with Crippen LogP contribution in [0.15, 0.2) is 29.4 Å². The van der Waals surface area contributed by atoms with Crippen LogP contribution in [0, 0.1) is 0 Å². The molecule has 0 radical (unpaired) electrons. The minimum atomic E-state index is 0.390. The first kappa shape index (κ1) is 10.0. The molecular weight excluding hydrogens is 188 g/mol. The molecule has 0 aliphatic heterocycles. The molecule has 0 aliphatic carbocycles. The summed E-state index contributed by atoms with van der Waals surface area (Å²) in [5.41, 5.74) is 6.21. The van der Waals surface area contributed by atoms with E-state index in [0.29, 0.717) is 18.2 Å². The Morgan fingerprint density at radius 1 is 1.38 bits per heavy atom. The maximum atomic E-state index is 5.71. The van der Waals surface area contributed by atoms with Gasteiger partial charge in [-0.3, -0.25) is 0 Å². The van der Waals surface area contributed by atoms with E-state index >= 15 is 0 Å². The van der Waals surface area contributed by atoms with E-state index in [-0.39, 0.29) is 0 Å². The lowest BCUT2D eigenvalue weighted by Gasteiger charge is -1.98. The molecule has 1 aromatic rings. The zero-order chi connectivity index (χ0) is 9.52. The summed E-state index contributed by atoms with van der Waals surface area (Å²) in [5.74, 6) is 0. The molecule has 1 rings (SSSR count). The Bertz CT molecular complexity index is 271. The lowest BCUT2D eigenvalue weighted by molar-refractivity contribution is 0.131. The van der Waals surface area contributed by atoms with E-state index in [9.17, 15) is 0 Å². The molecule has 0 fully saturated rings. The van der Waals surface area contributed by atoms with Gasteiger partial charge in [0.15, 0.2) is 0 Å². The van der Waals surface area contributed by atoms with Crippen molar-refractivity contribution in [1.82, 2.24) is 0 Å². The van der Waals surface area contributed by atoms with Gasteiger partial charge in [-0.2, -0.15) is 0 Å². The molecule has 70 valence electrons. The Kier molecular flexibility index (Phi) is 4.29. The third-order valence-corrected chi connectivity index (χ3v) is 1.65. The van der Waals surface area contributed by atoms with Crippen LogP contribution in [-0.4, -0.2) is 12.8 Å². The summed E-state index contributed by atoms with van der Waals surface area (Å²) in [6.07, 6.45) is 1.51. The van der Waals surface area contributed by atoms with Crippen LogP contribution in [0.2, 0.25) is 5.02 Å². The van der Waals surface area contributed by atoms with Crippen LogP contribution in [-0.2, 0) is 11.4 Å². The number of nitrogens with two attached hydrogens (primary N) is 1. The number of rotatable bonds is 4. The van der Waals surface area contributed by atoms with Crippen LogP contribution in [0.1, 0.15) is 5.56 Å². The summed E-state index contributed by atoms with van der Waals surface area (Å²) < 4.78 is 0. The summed E-state index contributed by atoms with van der Waals surface area (Å²) in [4.78, 5) is 4.95. The minimum Gasteiger partial charge on any atom is -0.391 e. The third kappa shape index (κ3) is 3.92. The van der Waals surface area contributed by atoms with Crippen molar-refractivity contribution in [2.75, 3.05) is 6.54 Å². The lowest BCUT2D eigenvalue weighted by Crippen LogP contribution is -1.99. The summed E-state index contributed by atoms with van der Waals surface area (Å²) in [5, 5.41) is 4.34. The van der Waals surface area contributed by atoms with Crippen LogP contribution >= 0.6 is 11.6 Å². The first-order chi connectivity index (χ1) is 6.33. The van der Waals surface area contributed by atoms with Gasteiger partial charge in [0.05, 0.1) is 6.21 Å². The SMILES string of the molecule is NC/C=N/OCc1ccc(Cl)cc1. The van der Waals surface area contributed by atoms with Crippen LogP contribution in [0.4, 0.5) is 0 Å². The first-order valence-electron chi connectivity index (χ1n) is 3.91. The van der Waals surface area contributed by atoms with Crippen molar-refractivity contribution >= 4 is 17.8 Å². The average Bonchev–Trinajstić information content (AvgIpc) is 2.15. The maximum absolute atomic E-state index is 5.71. The minimum absolute atomic E-state index is 0.390. The number of halogens is 1. The Morgan fingerprint density at radius 3 is 2.69 bits per heavy atom. The Morgan fingerprint density at radius 2 is 2.08 bits per heavy atom. The van der Waals surface area contributed by atoms with Crippen molar-refractivity contribution in [3.63, 3.8) is 0 Å². The molecular formula is C9H11ClN2O. The van der Waals surface area contributed by atoms with E-state index in [4.69, 9.17) is 22.2 Å². The molecule has 0 saturated heterocycles. The second-order valence-corrected chi connectivity index (χ2v) is 2.86. The van der Waals surface area contributed by atoms with Gasteiger partial charge in [0, 0.05) is 11.6 Å². The molecule has 0 amide bonds. The van der Waals surface area contributed by atoms with Crippen molar-refractivity contribution in [3.8, 4) is 0 Å². The highest BCUT2D eigenvalue weighted by molar-refractivity contribution is 6.30. The van der Waals surface area contributed by atoms with Gasteiger partial charge in [-0.05, 0) is 17.7 Å². The molecule has 0 aromatic heterocycles. The zero-order valence-corrected chi connectivity index (χ0v) is 7.87. The smallest absolute Gasteiger partial charge is 0.142 e. The van der Waals surface area contributed by atoms with Gasteiger partial charge in [-0.1, -0.05) is 28.9 Å². The molecule has 2 N–H and O–H groups in total. The molecule has 0 aliphatic rings. The quantitative estimate of drug-likeness (QED) is 0.593. The fourth-order valence-corrected chi connectivity index (χ4v) is 0.914. The van der Waals surface area contributed by atoms with Gasteiger partial charge in [0.1, 0.15) is 6.61 Å². The van der Waals surface area contributed by atoms with E-state index in [1.165, 1.54) is 6.21 Å². The number of nitrogens with zero attached hydrogens (tertiary/aromatic N) is 1. The van der Waals surface area contributed by atoms with Crippen LogP contribution in [0.3, 0.4) is 0 Å². The molecule has 0 spiro atoms. The van der Waals surface area contributed by atoms with Gasteiger partial charge in [-0.15, -0.1) is 0 Å². The van der Waals surface area contributed by atoms with Crippen molar-refractivity contribution in [2.45, 2.75) is 6.61 Å². The van der Waals surface area contributed by atoms with E-state index in [1.807, 2.05) is 24.3 Å². The molecule has 4 heteroatoms. The number of oxime groups is 1. The van der Waals surface area contributed by atoms with Gasteiger partial charge in [0.25, 0.3) is 0 Å². The monoisotopic (exact) mass is 198 g/mol. The zero-order valence-electron chi connectivity index (χ0n) is 7.11. The Labute approximate surface area is 82.1 Å². The first-order valence-corrected chi connectivity index (χ1v) is 4.29. The molecule has 0 unspecified atom stereocenters. The highest BCUT2D eigenvalue weighted by Gasteiger charge is 1.91. The van der Waals surface area contributed by atoms with Crippen molar-refractivity contribution in [1.29, 1.82) is 0 Å². The van der Waals surface area contributed by atoms with E-state index in [1.54, 1.807) is 0 Å². The lowest BCUT2D eigenvalue weighted by atomic mass is 10.2. The average molecular weight is 199 g/mol. The highest BCUT2D eigenvalue weighted by atomic mass is 35.5. The van der Waals surface area contributed by atoms with Crippen molar-refractivity contribution in [2.24, 2.45) is 10.9 Å². The normalized spacial score (nSPS) is 10.6. The van der Waals surface area contributed by atoms with Gasteiger partial charge < -0.3 is 10.6 Å². The second kappa shape index (κ2) is 5.56. The maximum Gasteiger partial charge on any atom is 0.142 e. The third-order valence-electron chi connectivity index (χ3n) is 1.40. The standard InChI is InChI=1S/C9H11ClN2O/c10-9-3-1-8(2-4-9)7-13-12-6-5-11/h1-4,6H,5,7,11H2/b12-6+. The van der Waals surface area contributed by atoms with Gasteiger partial charge in [-0.25, -0.2) is 0 Å². The van der Waals surface area contributed by atoms with E-state index < -0.39 is 0 Å². The van der Waals surface area contributed by atoms with E-state index in [0.717, 1.165) is 5.56 Å². The predicted octanol–water partition coefficient (Wildman–Crippen LogP) is 1.80. The summed E-state index contributed by atoms with van der Waals surface area (Å²) in [6.45, 7) is 0.828. The summed E-state index contributed by atoms with van der Waals surface area (Å²) >= 11 is 5.71. The topological polar surface area (TPSA) is 47.6 Å². The largest absolute Gasteiger partial charge is 0.391 e. The molecule has 0 bridgehead atoms. The predicted molar refractivity (Wildman–Crippen MR) is 53.8 cm³/mol. The number of benzene rings is 1. The molecule has 0 saturated carbocycles. The van der Waals surface area contributed by atoms with Crippen LogP contribution in [0.25, 0.3) is 0 Å². The van der Waals surface area contributed by atoms with Crippen molar-refractivity contribution < 1.29 is 4.84 Å². The molecule has 1 aromatic carbocycles. The van der Waals surface area contributed by atoms with Crippen LogP contribution < -0.4 is 5.73 Å². The molecule has 13 heavy (non-hydrogen) atoms. The second-order valence-electron chi connectivity index (χ2n) is 2.42. The Hall–Kier alpha value is -1.06. The Balaban J connectivity index is 2.37.